The molecule has 21 heavy (non-hydrogen) atoms. The standard InChI is InChI=1S/C15H27N3O3/c1-2-13(10-12-4-5-12)16-15(21)18-7-3-6-17(8-9-18)11-14(19)20/h12-13H,2-11H2,1H3,(H,16,21)(H,19,20). The third-order valence-electron chi connectivity index (χ3n) is 4.37. The molecule has 0 spiro atoms. The fourth-order valence-electron chi connectivity index (χ4n) is 2.87. The number of rotatable bonds is 6. The molecule has 2 amide bonds. The number of amides is 2. The fraction of sp³-hybridized carbons (Fsp3) is 0.867. The van der Waals surface area contributed by atoms with Gasteiger partial charge in [0.2, 0.25) is 0 Å². The lowest BCUT2D eigenvalue weighted by molar-refractivity contribution is -0.138. The Bertz CT molecular complexity index is 371. The largest absolute Gasteiger partial charge is 0.480 e. The van der Waals surface area contributed by atoms with Gasteiger partial charge in [-0.25, -0.2) is 4.79 Å². The van der Waals surface area contributed by atoms with E-state index in [2.05, 4.69) is 12.2 Å². The lowest BCUT2D eigenvalue weighted by atomic mass is 10.1. The maximum absolute atomic E-state index is 12.3. The first kappa shape index (κ1) is 16.1. The molecule has 1 aliphatic carbocycles. The smallest absolute Gasteiger partial charge is 0.317 e. The van der Waals surface area contributed by atoms with Crippen LogP contribution in [0.5, 0.6) is 0 Å². The summed E-state index contributed by atoms with van der Waals surface area (Å²) in [6.07, 6.45) is 5.52. The average Bonchev–Trinajstić information content (AvgIpc) is 3.24. The molecule has 0 aromatic rings. The van der Waals surface area contributed by atoms with Crippen LogP contribution in [0.3, 0.4) is 0 Å². The minimum Gasteiger partial charge on any atom is -0.480 e. The topological polar surface area (TPSA) is 72.9 Å². The molecule has 2 N–H and O–H groups in total. The van der Waals surface area contributed by atoms with Gasteiger partial charge in [-0.3, -0.25) is 9.69 Å². The summed E-state index contributed by atoms with van der Waals surface area (Å²) in [5, 5.41) is 12.0. The number of carbonyl (C=O) groups is 2. The highest BCUT2D eigenvalue weighted by Crippen LogP contribution is 2.34. The molecule has 0 aromatic carbocycles. The zero-order valence-electron chi connectivity index (χ0n) is 12.9. The number of nitrogens with zero attached hydrogens (tertiary/aromatic N) is 2. The van der Waals surface area contributed by atoms with E-state index in [9.17, 15) is 9.59 Å². The second-order valence-corrected chi connectivity index (χ2v) is 6.24. The minimum atomic E-state index is -0.802. The predicted molar refractivity (Wildman–Crippen MR) is 80.2 cm³/mol. The van der Waals surface area contributed by atoms with Gasteiger partial charge in [0.15, 0.2) is 0 Å². The van der Waals surface area contributed by atoms with Crippen LogP contribution in [-0.2, 0) is 4.79 Å². The van der Waals surface area contributed by atoms with Crippen molar-refractivity contribution in [2.24, 2.45) is 5.92 Å². The second kappa shape index (κ2) is 7.64. The normalized spacial score (nSPS) is 21.7. The number of hydrogen-bond donors (Lipinski definition) is 2. The van der Waals surface area contributed by atoms with Crippen LogP contribution in [0.1, 0.15) is 39.0 Å². The first-order chi connectivity index (χ1) is 10.1. The minimum absolute atomic E-state index is 0.0136. The van der Waals surface area contributed by atoms with E-state index in [1.54, 1.807) is 0 Å². The van der Waals surface area contributed by atoms with Crippen LogP contribution in [0, 0.1) is 5.92 Å². The Morgan fingerprint density at radius 2 is 2.00 bits per heavy atom. The molecule has 6 heteroatoms. The Morgan fingerprint density at radius 3 is 2.62 bits per heavy atom. The molecule has 2 fully saturated rings. The fourth-order valence-corrected chi connectivity index (χ4v) is 2.87. The van der Waals surface area contributed by atoms with Gasteiger partial charge < -0.3 is 15.3 Å². The first-order valence-electron chi connectivity index (χ1n) is 8.08. The molecule has 0 bridgehead atoms. The second-order valence-electron chi connectivity index (χ2n) is 6.24. The summed E-state index contributed by atoms with van der Waals surface area (Å²) >= 11 is 0. The summed E-state index contributed by atoms with van der Waals surface area (Å²) in [6, 6.07) is 0.294. The molecular weight excluding hydrogens is 270 g/mol. The molecule has 1 saturated heterocycles. The van der Waals surface area contributed by atoms with Crippen LogP contribution >= 0.6 is 0 Å². The Balaban J connectivity index is 1.77. The van der Waals surface area contributed by atoms with Crippen molar-refractivity contribution in [1.82, 2.24) is 15.1 Å². The Kier molecular flexibility index (Phi) is 5.85. The Morgan fingerprint density at radius 1 is 1.24 bits per heavy atom. The molecule has 0 aromatic heterocycles. The SMILES string of the molecule is CCC(CC1CC1)NC(=O)N1CCCN(CC(=O)O)CC1. The van der Waals surface area contributed by atoms with Crippen LogP contribution in [0.15, 0.2) is 0 Å². The van der Waals surface area contributed by atoms with E-state index < -0.39 is 5.97 Å². The van der Waals surface area contributed by atoms with Crippen LogP contribution in [0.25, 0.3) is 0 Å². The molecule has 1 aliphatic heterocycles. The predicted octanol–water partition coefficient (Wildman–Crippen LogP) is 1.37. The lowest BCUT2D eigenvalue weighted by Gasteiger charge is -2.25. The number of nitrogens with one attached hydrogen (secondary N) is 1. The Labute approximate surface area is 126 Å². The van der Waals surface area contributed by atoms with Crippen molar-refractivity contribution >= 4 is 12.0 Å². The van der Waals surface area contributed by atoms with Gasteiger partial charge in [-0.05, 0) is 25.2 Å². The van der Waals surface area contributed by atoms with Crippen molar-refractivity contribution in [1.29, 1.82) is 0 Å². The van der Waals surface area contributed by atoms with Gasteiger partial charge in [0.1, 0.15) is 0 Å². The van der Waals surface area contributed by atoms with Crippen molar-refractivity contribution in [3.05, 3.63) is 0 Å². The molecule has 2 aliphatic rings. The molecule has 2 rings (SSSR count). The number of aliphatic carboxylic acids is 1. The highest BCUT2D eigenvalue weighted by atomic mass is 16.4. The first-order valence-corrected chi connectivity index (χ1v) is 8.08. The van der Waals surface area contributed by atoms with Gasteiger partial charge in [0.25, 0.3) is 0 Å². The summed E-state index contributed by atoms with van der Waals surface area (Å²) in [6.45, 7) is 4.88. The number of urea groups is 1. The van der Waals surface area contributed by atoms with E-state index in [-0.39, 0.29) is 18.6 Å². The zero-order valence-corrected chi connectivity index (χ0v) is 12.9. The maximum Gasteiger partial charge on any atom is 0.317 e. The monoisotopic (exact) mass is 297 g/mol. The van der Waals surface area contributed by atoms with Crippen molar-refractivity contribution in [2.45, 2.75) is 45.1 Å². The van der Waals surface area contributed by atoms with E-state index in [1.165, 1.54) is 12.8 Å². The third kappa shape index (κ3) is 5.53. The van der Waals surface area contributed by atoms with E-state index in [1.807, 2.05) is 9.80 Å². The maximum atomic E-state index is 12.3. The summed E-state index contributed by atoms with van der Waals surface area (Å²) in [4.78, 5) is 26.8. The third-order valence-corrected chi connectivity index (χ3v) is 4.37. The molecule has 120 valence electrons. The van der Waals surface area contributed by atoms with Crippen molar-refractivity contribution in [2.75, 3.05) is 32.7 Å². The van der Waals surface area contributed by atoms with Crippen molar-refractivity contribution in [3.63, 3.8) is 0 Å². The van der Waals surface area contributed by atoms with E-state index in [0.29, 0.717) is 19.6 Å². The van der Waals surface area contributed by atoms with E-state index >= 15 is 0 Å². The van der Waals surface area contributed by atoms with Gasteiger partial charge in [-0.2, -0.15) is 0 Å². The molecule has 1 unspecified atom stereocenters. The number of hydrogen-bond acceptors (Lipinski definition) is 3. The highest BCUT2D eigenvalue weighted by Gasteiger charge is 2.27. The van der Waals surface area contributed by atoms with E-state index in [0.717, 1.165) is 31.7 Å². The Hall–Kier alpha value is -1.30. The molecule has 6 nitrogen and oxygen atoms in total. The van der Waals surface area contributed by atoms with Crippen LogP contribution in [0.2, 0.25) is 0 Å². The van der Waals surface area contributed by atoms with Gasteiger partial charge >= 0.3 is 12.0 Å². The van der Waals surface area contributed by atoms with Gasteiger partial charge in [-0.1, -0.05) is 19.8 Å². The van der Waals surface area contributed by atoms with Gasteiger partial charge in [0.05, 0.1) is 6.54 Å². The van der Waals surface area contributed by atoms with Crippen LogP contribution < -0.4 is 5.32 Å². The van der Waals surface area contributed by atoms with Crippen molar-refractivity contribution in [3.8, 4) is 0 Å². The number of carboxylic acids is 1. The van der Waals surface area contributed by atoms with Gasteiger partial charge in [-0.15, -0.1) is 0 Å². The molecule has 0 radical (unpaired) electrons. The van der Waals surface area contributed by atoms with E-state index in [4.69, 9.17) is 5.11 Å². The quantitative estimate of drug-likeness (QED) is 0.776. The summed E-state index contributed by atoms with van der Waals surface area (Å²) < 4.78 is 0. The molecule has 1 heterocycles. The van der Waals surface area contributed by atoms with Crippen LogP contribution in [-0.4, -0.2) is 65.7 Å². The van der Waals surface area contributed by atoms with Crippen LogP contribution in [0.4, 0.5) is 4.79 Å². The zero-order chi connectivity index (χ0) is 15.2. The van der Waals surface area contributed by atoms with Crippen molar-refractivity contribution < 1.29 is 14.7 Å². The molecule has 1 saturated carbocycles. The number of carboxylic acid groups (broad SMARTS) is 1. The highest BCUT2D eigenvalue weighted by molar-refractivity contribution is 5.74. The summed E-state index contributed by atoms with van der Waals surface area (Å²) in [5.74, 6) is 0.00817. The van der Waals surface area contributed by atoms with Gasteiger partial charge in [0, 0.05) is 32.2 Å². The molecular formula is C15H27N3O3. The molecule has 1 atom stereocenters. The average molecular weight is 297 g/mol. The summed E-state index contributed by atoms with van der Waals surface area (Å²) in [5.41, 5.74) is 0. The lowest BCUT2D eigenvalue weighted by Crippen LogP contribution is -2.46. The summed E-state index contributed by atoms with van der Waals surface area (Å²) in [7, 11) is 0. The number of carbonyl (C=O) groups excluding carboxylic acids is 1.